The molecule has 5 nitrogen and oxygen atoms in total. The summed E-state index contributed by atoms with van der Waals surface area (Å²) in [5.74, 6) is -0.624. The summed E-state index contributed by atoms with van der Waals surface area (Å²) in [5.41, 5.74) is 2.32. The van der Waals surface area contributed by atoms with E-state index in [-0.39, 0.29) is 11.8 Å². The van der Waals surface area contributed by atoms with Crippen LogP contribution in [0.4, 0.5) is 0 Å². The Labute approximate surface area is 123 Å². The van der Waals surface area contributed by atoms with Crippen LogP contribution in [-0.4, -0.2) is 34.5 Å². The zero-order valence-electron chi connectivity index (χ0n) is 12.1. The van der Waals surface area contributed by atoms with E-state index < -0.39 is 5.97 Å². The van der Waals surface area contributed by atoms with Crippen molar-refractivity contribution in [3.05, 3.63) is 34.9 Å². The average Bonchev–Trinajstić information content (AvgIpc) is 2.89. The van der Waals surface area contributed by atoms with Crippen LogP contribution < -0.4 is 5.32 Å². The molecule has 2 aliphatic rings. The second-order valence-corrected chi connectivity index (χ2v) is 6.06. The molecule has 2 aliphatic heterocycles. The highest BCUT2D eigenvalue weighted by atomic mass is 16.4. The Kier molecular flexibility index (Phi) is 3.68. The highest BCUT2D eigenvalue weighted by Gasteiger charge is 2.31. The molecule has 2 unspecified atom stereocenters. The first-order valence-corrected chi connectivity index (χ1v) is 7.42. The number of carboxylic acids is 1. The van der Waals surface area contributed by atoms with E-state index in [1.165, 1.54) is 0 Å². The summed E-state index contributed by atoms with van der Waals surface area (Å²) in [4.78, 5) is 25.5. The van der Waals surface area contributed by atoms with Crippen LogP contribution in [-0.2, 0) is 17.9 Å². The van der Waals surface area contributed by atoms with Crippen molar-refractivity contribution in [2.45, 2.75) is 38.9 Å². The largest absolute Gasteiger partial charge is 0.478 e. The number of nitrogens with one attached hydrogen (secondary N) is 1. The number of nitrogens with zero attached hydrogens (tertiary/aromatic N) is 1. The molecule has 2 heterocycles. The third kappa shape index (κ3) is 2.78. The molecule has 0 saturated carbocycles. The van der Waals surface area contributed by atoms with Crippen molar-refractivity contribution >= 4 is 11.9 Å². The topological polar surface area (TPSA) is 69.6 Å². The maximum atomic E-state index is 12.6. The molecule has 0 spiro atoms. The van der Waals surface area contributed by atoms with E-state index in [4.69, 9.17) is 5.11 Å². The smallest absolute Gasteiger partial charge is 0.335 e. The number of amides is 1. The first kappa shape index (κ1) is 14.1. The molecule has 5 heteroatoms. The number of piperidine rings is 1. The van der Waals surface area contributed by atoms with Crippen molar-refractivity contribution in [1.29, 1.82) is 0 Å². The third-order valence-electron chi connectivity index (χ3n) is 4.46. The fourth-order valence-corrected chi connectivity index (χ4v) is 3.30. The van der Waals surface area contributed by atoms with Gasteiger partial charge >= 0.3 is 5.97 Å². The van der Waals surface area contributed by atoms with E-state index in [0.717, 1.165) is 30.5 Å². The Morgan fingerprint density at radius 1 is 1.29 bits per heavy atom. The predicted octanol–water partition coefficient (Wildman–Crippen LogP) is 1.62. The number of rotatable bonds is 2. The lowest BCUT2D eigenvalue weighted by atomic mass is 9.92. The number of benzene rings is 1. The molecule has 0 bridgehead atoms. The molecule has 21 heavy (non-hydrogen) atoms. The lowest BCUT2D eigenvalue weighted by Gasteiger charge is -2.30. The van der Waals surface area contributed by atoms with Crippen LogP contribution in [0.25, 0.3) is 0 Å². The van der Waals surface area contributed by atoms with E-state index in [1.807, 2.05) is 11.0 Å². The summed E-state index contributed by atoms with van der Waals surface area (Å²) >= 11 is 0. The van der Waals surface area contributed by atoms with E-state index in [2.05, 4.69) is 12.2 Å². The van der Waals surface area contributed by atoms with Gasteiger partial charge in [-0.1, -0.05) is 6.07 Å². The van der Waals surface area contributed by atoms with Crippen LogP contribution in [0.1, 0.15) is 41.3 Å². The predicted molar refractivity (Wildman–Crippen MR) is 77.8 cm³/mol. The lowest BCUT2D eigenvalue weighted by molar-refractivity contribution is -0.137. The second kappa shape index (κ2) is 5.48. The van der Waals surface area contributed by atoms with Gasteiger partial charge in [0.15, 0.2) is 0 Å². The maximum absolute atomic E-state index is 12.6. The van der Waals surface area contributed by atoms with Gasteiger partial charge in [0, 0.05) is 25.0 Å². The summed E-state index contributed by atoms with van der Waals surface area (Å²) in [6, 6.07) is 5.52. The van der Waals surface area contributed by atoms with Gasteiger partial charge in [0.25, 0.3) is 0 Å². The minimum atomic E-state index is -0.922. The number of fused-ring (bicyclic) bond motifs is 1. The number of hydrogen-bond donors (Lipinski definition) is 2. The van der Waals surface area contributed by atoms with Crippen LogP contribution in [0.2, 0.25) is 0 Å². The highest BCUT2D eigenvalue weighted by molar-refractivity contribution is 5.88. The van der Waals surface area contributed by atoms with Gasteiger partial charge in [0.2, 0.25) is 5.91 Å². The number of carboxylic acid groups (broad SMARTS) is 1. The van der Waals surface area contributed by atoms with E-state index in [1.54, 1.807) is 12.1 Å². The van der Waals surface area contributed by atoms with Crippen LogP contribution in [0.15, 0.2) is 18.2 Å². The average molecular weight is 288 g/mol. The van der Waals surface area contributed by atoms with Gasteiger partial charge in [-0.05, 0) is 49.6 Å². The Morgan fingerprint density at radius 2 is 2.05 bits per heavy atom. The molecule has 1 saturated heterocycles. The van der Waals surface area contributed by atoms with E-state index in [0.29, 0.717) is 24.7 Å². The second-order valence-electron chi connectivity index (χ2n) is 6.06. The van der Waals surface area contributed by atoms with Gasteiger partial charge in [0.05, 0.1) is 5.56 Å². The summed E-state index contributed by atoms with van der Waals surface area (Å²) < 4.78 is 0. The van der Waals surface area contributed by atoms with Gasteiger partial charge in [-0.3, -0.25) is 4.79 Å². The molecule has 0 aromatic heterocycles. The van der Waals surface area contributed by atoms with Gasteiger partial charge in [-0.25, -0.2) is 4.79 Å². The van der Waals surface area contributed by atoms with Gasteiger partial charge < -0.3 is 15.3 Å². The van der Waals surface area contributed by atoms with Crippen molar-refractivity contribution in [2.24, 2.45) is 5.92 Å². The van der Waals surface area contributed by atoms with Crippen LogP contribution >= 0.6 is 0 Å². The molecular weight excluding hydrogens is 268 g/mol. The Balaban J connectivity index is 1.72. The quantitative estimate of drug-likeness (QED) is 0.867. The van der Waals surface area contributed by atoms with Crippen molar-refractivity contribution in [3.63, 3.8) is 0 Å². The summed E-state index contributed by atoms with van der Waals surface area (Å²) in [6.07, 6.45) is 1.77. The lowest BCUT2D eigenvalue weighted by Crippen LogP contribution is -2.42. The molecule has 2 N–H and O–H groups in total. The zero-order chi connectivity index (χ0) is 15.0. The van der Waals surface area contributed by atoms with E-state index in [9.17, 15) is 9.59 Å². The van der Waals surface area contributed by atoms with Crippen LogP contribution in [0.5, 0.6) is 0 Å². The SMILES string of the molecule is CC1CC(C(=O)N2Cc3ccc(C(=O)O)cc3C2)CCN1. The molecule has 0 aliphatic carbocycles. The Hall–Kier alpha value is -1.88. The molecule has 1 aromatic carbocycles. The third-order valence-corrected chi connectivity index (χ3v) is 4.46. The minimum absolute atomic E-state index is 0.0921. The first-order chi connectivity index (χ1) is 10.0. The molecular formula is C16H20N2O3. The van der Waals surface area contributed by atoms with Crippen LogP contribution in [0.3, 0.4) is 0 Å². The molecule has 3 rings (SSSR count). The molecule has 1 fully saturated rings. The van der Waals surface area contributed by atoms with Crippen molar-refractivity contribution < 1.29 is 14.7 Å². The summed E-state index contributed by atoms with van der Waals surface area (Å²) in [5, 5.41) is 12.4. The highest BCUT2D eigenvalue weighted by Crippen LogP contribution is 2.28. The molecule has 1 aromatic rings. The Morgan fingerprint density at radius 3 is 2.76 bits per heavy atom. The van der Waals surface area contributed by atoms with Gasteiger partial charge in [-0.15, -0.1) is 0 Å². The molecule has 0 radical (unpaired) electrons. The minimum Gasteiger partial charge on any atom is -0.478 e. The van der Waals surface area contributed by atoms with Crippen molar-refractivity contribution in [1.82, 2.24) is 10.2 Å². The van der Waals surface area contributed by atoms with Crippen molar-refractivity contribution in [3.8, 4) is 0 Å². The number of hydrogen-bond acceptors (Lipinski definition) is 3. The fourth-order valence-electron chi connectivity index (χ4n) is 3.30. The molecule has 112 valence electrons. The number of carbonyl (C=O) groups is 2. The zero-order valence-corrected chi connectivity index (χ0v) is 12.1. The van der Waals surface area contributed by atoms with E-state index >= 15 is 0 Å². The maximum Gasteiger partial charge on any atom is 0.335 e. The summed E-state index contributed by atoms with van der Waals surface area (Å²) in [6.45, 7) is 4.14. The van der Waals surface area contributed by atoms with Crippen LogP contribution in [0, 0.1) is 5.92 Å². The number of carbonyl (C=O) groups excluding carboxylic acids is 1. The number of aromatic carboxylic acids is 1. The Bertz CT molecular complexity index is 585. The first-order valence-electron chi connectivity index (χ1n) is 7.42. The standard InChI is InChI=1S/C16H20N2O3/c1-10-6-11(4-5-17-10)15(19)18-8-13-3-2-12(16(20)21)7-14(13)9-18/h2-3,7,10-11,17H,4-6,8-9H2,1H3,(H,20,21). The molecule has 2 atom stereocenters. The molecule has 1 amide bonds. The monoisotopic (exact) mass is 288 g/mol. The van der Waals surface area contributed by atoms with Crippen molar-refractivity contribution in [2.75, 3.05) is 6.54 Å². The van der Waals surface area contributed by atoms with Gasteiger partial charge in [0.1, 0.15) is 0 Å². The fraction of sp³-hybridized carbons (Fsp3) is 0.500. The normalized spacial score (nSPS) is 24.7. The van der Waals surface area contributed by atoms with Gasteiger partial charge in [-0.2, -0.15) is 0 Å². The summed E-state index contributed by atoms with van der Waals surface area (Å²) in [7, 11) is 0.